The normalized spacial score (nSPS) is 10.5. The van der Waals surface area contributed by atoms with Crippen molar-refractivity contribution in [3.05, 3.63) is 51.6 Å². The highest BCUT2D eigenvalue weighted by Crippen LogP contribution is 2.29. The maximum absolute atomic E-state index is 13.6. The van der Waals surface area contributed by atoms with E-state index in [-0.39, 0.29) is 6.54 Å². The Morgan fingerprint density at radius 1 is 1.47 bits per heavy atom. The number of rotatable bonds is 4. The van der Waals surface area contributed by atoms with E-state index in [1.807, 2.05) is 0 Å². The van der Waals surface area contributed by atoms with Crippen LogP contribution in [-0.4, -0.2) is 14.9 Å². The van der Waals surface area contributed by atoms with Crippen LogP contribution in [0.3, 0.4) is 0 Å². The summed E-state index contributed by atoms with van der Waals surface area (Å²) < 4.78 is 26.7. The van der Waals surface area contributed by atoms with Gasteiger partial charge in [-0.15, -0.1) is 0 Å². The number of aromatic amines is 1. The zero-order chi connectivity index (χ0) is 14.0. The molecule has 0 spiro atoms. The van der Waals surface area contributed by atoms with Gasteiger partial charge in [-0.3, -0.25) is 10.1 Å². The first-order valence-corrected chi connectivity index (χ1v) is 5.35. The van der Waals surface area contributed by atoms with Crippen LogP contribution >= 0.6 is 0 Å². The Morgan fingerprint density at radius 3 is 2.79 bits per heavy atom. The Bertz CT molecular complexity index is 627. The van der Waals surface area contributed by atoms with Crippen molar-refractivity contribution in [3.8, 4) is 0 Å². The molecule has 0 fully saturated rings. The zero-order valence-corrected chi connectivity index (χ0v) is 9.91. The lowest BCUT2D eigenvalue weighted by Crippen LogP contribution is -2.07. The number of aromatic nitrogens is 2. The van der Waals surface area contributed by atoms with E-state index >= 15 is 0 Å². The summed E-state index contributed by atoms with van der Waals surface area (Å²) in [5.41, 5.74) is 0.310. The van der Waals surface area contributed by atoms with Crippen molar-refractivity contribution >= 4 is 11.4 Å². The van der Waals surface area contributed by atoms with Gasteiger partial charge in [0.25, 0.3) is 5.69 Å². The van der Waals surface area contributed by atoms with Crippen molar-refractivity contribution in [1.29, 1.82) is 0 Å². The fraction of sp³-hybridized carbons (Fsp3) is 0.182. The first-order valence-electron chi connectivity index (χ1n) is 5.35. The summed E-state index contributed by atoms with van der Waals surface area (Å²) in [5.74, 6) is -2.42. The van der Waals surface area contributed by atoms with Crippen molar-refractivity contribution in [1.82, 2.24) is 9.97 Å². The van der Waals surface area contributed by atoms with Gasteiger partial charge < -0.3 is 10.3 Å². The van der Waals surface area contributed by atoms with Gasteiger partial charge >= 0.3 is 0 Å². The van der Waals surface area contributed by atoms with E-state index in [1.54, 1.807) is 6.92 Å². The first kappa shape index (κ1) is 12.9. The maximum Gasteiger partial charge on any atom is 0.295 e. The molecule has 8 heteroatoms. The highest BCUT2D eigenvalue weighted by Gasteiger charge is 2.21. The fourth-order valence-corrected chi connectivity index (χ4v) is 1.60. The number of nitrogens with one attached hydrogen (secondary N) is 2. The average molecular weight is 268 g/mol. The predicted molar refractivity (Wildman–Crippen MR) is 63.7 cm³/mol. The van der Waals surface area contributed by atoms with Gasteiger partial charge in [0.15, 0.2) is 17.3 Å². The number of imidazole rings is 1. The van der Waals surface area contributed by atoms with Gasteiger partial charge in [0, 0.05) is 11.8 Å². The van der Waals surface area contributed by atoms with Crippen LogP contribution in [0, 0.1) is 28.7 Å². The number of benzene rings is 1. The lowest BCUT2D eigenvalue weighted by atomic mass is 10.2. The smallest absolute Gasteiger partial charge is 0.295 e. The quantitative estimate of drug-likeness (QED) is 0.659. The van der Waals surface area contributed by atoms with E-state index in [1.165, 1.54) is 6.33 Å². The molecule has 6 nitrogen and oxygen atoms in total. The second-order valence-corrected chi connectivity index (χ2v) is 3.84. The molecular weight excluding hydrogens is 258 g/mol. The molecule has 1 aromatic heterocycles. The van der Waals surface area contributed by atoms with E-state index in [4.69, 9.17) is 0 Å². The number of nitro groups is 1. The fourth-order valence-electron chi connectivity index (χ4n) is 1.60. The highest BCUT2D eigenvalue weighted by molar-refractivity contribution is 5.62. The third kappa shape index (κ3) is 2.51. The lowest BCUT2D eigenvalue weighted by Gasteiger charge is -2.07. The highest BCUT2D eigenvalue weighted by atomic mass is 19.2. The van der Waals surface area contributed by atoms with Crippen molar-refractivity contribution in [2.45, 2.75) is 13.5 Å². The number of nitrogens with zero attached hydrogens (tertiary/aromatic N) is 2. The molecule has 0 amide bonds. The molecule has 0 aliphatic heterocycles. The molecule has 0 atom stereocenters. The van der Waals surface area contributed by atoms with Gasteiger partial charge in [0.05, 0.1) is 23.5 Å². The molecule has 2 aromatic rings. The molecule has 19 heavy (non-hydrogen) atoms. The van der Waals surface area contributed by atoms with Crippen molar-refractivity contribution < 1.29 is 13.7 Å². The second-order valence-electron chi connectivity index (χ2n) is 3.84. The van der Waals surface area contributed by atoms with E-state index in [2.05, 4.69) is 15.3 Å². The molecule has 0 bridgehead atoms. The minimum Gasteiger partial charge on any atom is -0.371 e. The van der Waals surface area contributed by atoms with Crippen molar-refractivity contribution in [2.75, 3.05) is 5.32 Å². The molecule has 0 aliphatic rings. The predicted octanol–water partition coefficient (Wildman–Crippen LogP) is 2.52. The largest absolute Gasteiger partial charge is 0.371 e. The summed E-state index contributed by atoms with van der Waals surface area (Å²) in [6, 6.07) is 1.64. The monoisotopic (exact) mass is 268 g/mol. The van der Waals surface area contributed by atoms with Crippen molar-refractivity contribution in [2.24, 2.45) is 0 Å². The standard InChI is InChI=1S/C11H10F2N4O2/c1-6-8(16-5-15-6)4-14-11-9(17(18)19)3-2-7(12)10(11)13/h2-3,5,14H,4H2,1H3,(H,15,16). The Labute approximate surface area is 106 Å². The number of anilines is 1. The van der Waals surface area contributed by atoms with Crippen LogP contribution in [0.1, 0.15) is 11.4 Å². The summed E-state index contributed by atoms with van der Waals surface area (Å²) in [4.78, 5) is 16.8. The summed E-state index contributed by atoms with van der Waals surface area (Å²) in [7, 11) is 0. The Balaban J connectivity index is 2.31. The molecule has 1 heterocycles. The van der Waals surface area contributed by atoms with Gasteiger partial charge in [-0.25, -0.2) is 13.8 Å². The van der Waals surface area contributed by atoms with Crippen LogP contribution in [0.4, 0.5) is 20.2 Å². The van der Waals surface area contributed by atoms with E-state index in [0.717, 1.165) is 17.8 Å². The van der Waals surface area contributed by atoms with Gasteiger partial charge in [0.2, 0.25) is 0 Å². The Hall–Kier alpha value is -2.51. The average Bonchev–Trinajstić information content (AvgIpc) is 2.76. The van der Waals surface area contributed by atoms with Gasteiger partial charge in [-0.2, -0.15) is 0 Å². The Morgan fingerprint density at radius 2 is 2.21 bits per heavy atom. The third-order valence-corrected chi connectivity index (χ3v) is 2.64. The molecule has 0 aliphatic carbocycles. The van der Waals surface area contributed by atoms with Crippen LogP contribution in [0.5, 0.6) is 0 Å². The minimum atomic E-state index is -1.28. The number of hydrogen-bond donors (Lipinski definition) is 2. The summed E-state index contributed by atoms with van der Waals surface area (Å²) >= 11 is 0. The zero-order valence-electron chi connectivity index (χ0n) is 9.91. The molecule has 1 aromatic carbocycles. The van der Waals surface area contributed by atoms with Crippen LogP contribution in [0.25, 0.3) is 0 Å². The molecule has 0 unspecified atom stereocenters. The summed E-state index contributed by atoms with van der Waals surface area (Å²) in [6.07, 6.45) is 1.45. The first-order chi connectivity index (χ1) is 9.00. The maximum atomic E-state index is 13.6. The van der Waals surface area contributed by atoms with Gasteiger partial charge in [-0.1, -0.05) is 0 Å². The molecule has 2 N–H and O–H groups in total. The van der Waals surface area contributed by atoms with E-state index in [0.29, 0.717) is 5.69 Å². The third-order valence-electron chi connectivity index (χ3n) is 2.64. The van der Waals surface area contributed by atoms with Crippen LogP contribution in [0.15, 0.2) is 18.5 Å². The minimum absolute atomic E-state index is 0.0521. The second kappa shape index (κ2) is 5.01. The molecular formula is C11H10F2N4O2. The SMILES string of the molecule is Cc1[nH]cnc1CNc1c([N+](=O)[O-])ccc(F)c1F. The van der Waals surface area contributed by atoms with Crippen molar-refractivity contribution in [3.63, 3.8) is 0 Å². The number of halogens is 2. The van der Waals surface area contributed by atoms with Crippen LogP contribution in [0.2, 0.25) is 0 Å². The summed E-state index contributed by atoms with van der Waals surface area (Å²) in [5, 5.41) is 13.3. The number of H-pyrrole nitrogens is 1. The summed E-state index contributed by atoms with van der Waals surface area (Å²) in [6.45, 7) is 1.80. The van der Waals surface area contributed by atoms with Crippen LogP contribution < -0.4 is 5.32 Å². The van der Waals surface area contributed by atoms with E-state index < -0.39 is 27.9 Å². The molecule has 0 radical (unpaired) electrons. The number of hydrogen-bond acceptors (Lipinski definition) is 4. The van der Waals surface area contributed by atoms with E-state index in [9.17, 15) is 18.9 Å². The lowest BCUT2D eigenvalue weighted by molar-refractivity contribution is -0.384. The van der Waals surface area contributed by atoms with Crippen LogP contribution in [-0.2, 0) is 6.54 Å². The molecule has 100 valence electrons. The van der Waals surface area contributed by atoms with Gasteiger partial charge in [-0.05, 0) is 13.0 Å². The number of aryl methyl sites for hydroxylation is 1. The molecule has 0 saturated carbocycles. The molecule has 0 saturated heterocycles. The topological polar surface area (TPSA) is 83.8 Å². The van der Waals surface area contributed by atoms with Gasteiger partial charge in [0.1, 0.15) is 0 Å². The number of nitro benzene ring substituents is 1. The Kier molecular flexibility index (Phi) is 3.41. The molecule has 2 rings (SSSR count).